The van der Waals surface area contributed by atoms with E-state index in [1.54, 1.807) is 23.6 Å². The fraction of sp³-hybridized carbons (Fsp3) is 0.250. The minimum Gasteiger partial charge on any atom is -0.466 e. The zero-order chi connectivity index (χ0) is 22.6. The van der Waals surface area contributed by atoms with Crippen LogP contribution in [0.1, 0.15) is 35.6 Å². The molecule has 1 aromatic carbocycles. The third-order valence-electron chi connectivity index (χ3n) is 6.15. The van der Waals surface area contributed by atoms with Crippen LogP contribution in [-0.2, 0) is 37.8 Å². The van der Waals surface area contributed by atoms with E-state index in [2.05, 4.69) is 4.74 Å². The van der Waals surface area contributed by atoms with Crippen LogP contribution in [0.4, 0.5) is 0 Å². The Morgan fingerprint density at radius 2 is 2.12 bits per heavy atom. The lowest BCUT2D eigenvalue weighted by atomic mass is 9.86. The summed E-state index contributed by atoms with van der Waals surface area (Å²) in [6.07, 6.45) is 3.07. The number of carbonyl (C=O) groups is 2. The smallest absolute Gasteiger partial charge is 0.343 e. The summed E-state index contributed by atoms with van der Waals surface area (Å²) in [6.45, 7) is 1.86. The lowest BCUT2D eigenvalue weighted by Gasteiger charge is -2.31. The maximum absolute atomic E-state index is 13.2. The number of nitrogens with zero attached hydrogens (tertiary/aromatic N) is 2. The van der Waals surface area contributed by atoms with Gasteiger partial charge in [-0.15, -0.1) is 0 Å². The molecule has 5 rings (SSSR count). The molecular weight excluding hydrogens is 412 g/mol. The van der Waals surface area contributed by atoms with Crippen molar-refractivity contribution in [3.63, 3.8) is 0 Å². The molecule has 0 radical (unpaired) electrons. The summed E-state index contributed by atoms with van der Waals surface area (Å²) in [5, 5.41) is 11.8. The monoisotopic (exact) mass is 432 g/mol. The Morgan fingerprint density at radius 1 is 1.31 bits per heavy atom. The summed E-state index contributed by atoms with van der Waals surface area (Å²) in [4.78, 5) is 41.6. The van der Waals surface area contributed by atoms with Crippen molar-refractivity contribution in [1.82, 2.24) is 9.55 Å². The van der Waals surface area contributed by atoms with E-state index < -0.39 is 17.5 Å². The summed E-state index contributed by atoms with van der Waals surface area (Å²) in [5.41, 5.74) is 1.98. The molecule has 4 heterocycles. The number of methoxy groups -OCH3 is 1. The van der Waals surface area contributed by atoms with E-state index in [9.17, 15) is 19.5 Å². The van der Waals surface area contributed by atoms with Gasteiger partial charge in [-0.2, -0.15) is 0 Å². The van der Waals surface area contributed by atoms with Crippen LogP contribution in [0.2, 0.25) is 0 Å². The van der Waals surface area contributed by atoms with Gasteiger partial charge in [0, 0.05) is 22.6 Å². The Labute approximate surface area is 182 Å². The number of aromatic nitrogens is 2. The van der Waals surface area contributed by atoms with Gasteiger partial charge in [-0.1, -0.05) is 19.1 Å². The number of fused-ring (bicyclic) bond motifs is 5. The van der Waals surface area contributed by atoms with Gasteiger partial charge in [0.1, 0.15) is 6.61 Å². The highest BCUT2D eigenvalue weighted by atomic mass is 16.6. The van der Waals surface area contributed by atoms with Crippen LogP contribution < -0.4 is 5.56 Å². The first-order valence-electron chi connectivity index (χ1n) is 10.2. The van der Waals surface area contributed by atoms with Gasteiger partial charge in [-0.25, -0.2) is 14.6 Å². The first-order chi connectivity index (χ1) is 15.4. The van der Waals surface area contributed by atoms with Gasteiger partial charge in [0.05, 0.1) is 36.1 Å². The molecule has 1 atom stereocenters. The van der Waals surface area contributed by atoms with Gasteiger partial charge in [-0.3, -0.25) is 4.79 Å². The number of benzene rings is 1. The van der Waals surface area contributed by atoms with E-state index in [1.807, 2.05) is 24.3 Å². The molecule has 8 heteroatoms. The second kappa shape index (κ2) is 7.13. The van der Waals surface area contributed by atoms with Crippen molar-refractivity contribution in [2.75, 3.05) is 7.11 Å². The Balaban J connectivity index is 1.67. The molecule has 0 unspecified atom stereocenters. The predicted octanol–water partition coefficient (Wildman–Crippen LogP) is 2.27. The van der Waals surface area contributed by atoms with Crippen LogP contribution in [0.3, 0.4) is 0 Å². The van der Waals surface area contributed by atoms with Crippen molar-refractivity contribution in [2.24, 2.45) is 0 Å². The van der Waals surface area contributed by atoms with Gasteiger partial charge in [0.2, 0.25) is 0 Å². The number of rotatable bonds is 3. The first kappa shape index (κ1) is 20.1. The molecule has 0 saturated heterocycles. The van der Waals surface area contributed by atoms with Crippen molar-refractivity contribution in [3.8, 4) is 11.4 Å². The Morgan fingerprint density at radius 3 is 2.88 bits per heavy atom. The van der Waals surface area contributed by atoms with E-state index in [0.29, 0.717) is 29.0 Å². The van der Waals surface area contributed by atoms with Gasteiger partial charge in [-0.05, 0) is 36.3 Å². The molecule has 0 bridgehead atoms. The highest BCUT2D eigenvalue weighted by Crippen LogP contribution is 2.38. The molecule has 0 amide bonds. The highest BCUT2D eigenvalue weighted by Gasteiger charge is 2.45. The molecule has 3 aromatic rings. The molecule has 32 heavy (non-hydrogen) atoms. The maximum Gasteiger partial charge on any atom is 0.343 e. The lowest BCUT2D eigenvalue weighted by Crippen LogP contribution is -2.44. The largest absolute Gasteiger partial charge is 0.466 e. The molecule has 2 aromatic heterocycles. The van der Waals surface area contributed by atoms with Gasteiger partial charge in [0.15, 0.2) is 5.60 Å². The summed E-state index contributed by atoms with van der Waals surface area (Å²) in [5.74, 6) is -1.20. The summed E-state index contributed by atoms with van der Waals surface area (Å²) >= 11 is 0. The Kier molecular flexibility index (Phi) is 4.49. The van der Waals surface area contributed by atoms with Crippen molar-refractivity contribution >= 4 is 28.9 Å². The Hall–Kier alpha value is -3.78. The first-order valence-corrected chi connectivity index (χ1v) is 10.2. The van der Waals surface area contributed by atoms with Crippen LogP contribution >= 0.6 is 0 Å². The average Bonchev–Trinajstić information content (AvgIpc) is 3.16. The van der Waals surface area contributed by atoms with Crippen molar-refractivity contribution in [1.29, 1.82) is 0 Å². The quantitative estimate of drug-likeness (QED) is 0.391. The third-order valence-corrected chi connectivity index (χ3v) is 6.15. The second-order valence-corrected chi connectivity index (χ2v) is 7.91. The van der Waals surface area contributed by atoms with E-state index >= 15 is 0 Å². The molecule has 2 aliphatic rings. The molecule has 0 fully saturated rings. The average molecular weight is 432 g/mol. The minimum atomic E-state index is -1.85. The number of cyclic esters (lactones) is 1. The third kappa shape index (κ3) is 2.87. The molecule has 1 N–H and O–H groups in total. The van der Waals surface area contributed by atoms with Crippen LogP contribution in [-0.4, -0.2) is 33.7 Å². The molecule has 0 saturated carbocycles. The van der Waals surface area contributed by atoms with E-state index in [1.165, 1.54) is 13.2 Å². The Bertz CT molecular complexity index is 1400. The second-order valence-electron chi connectivity index (χ2n) is 7.91. The highest BCUT2D eigenvalue weighted by molar-refractivity contribution is 5.90. The molecule has 8 nitrogen and oxygen atoms in total. The van der Waals surface area contributed by atoms with Crippen LogP contribution in [0, 0.1) is 0 Å². The fourth-order valence-electron chi connectivity index (χ4n) is 4.33. The number of hydrogen-bond acceptors (Lipinski definition) is 7. The van der Waals surface area contributed by atoms with Gasteiger partial charge in [0.25, 0.3) is 5.56 Å². The van der Waals surface area contributed by atoms with Gasteiger partial charge < -0.3 is 19.1 Å². The SMILES string of the molecule is CC[C@@]1(O)C(=O)OCc2c1cc1n(c2=O)Cc2cc3ccc(C=CC(=O)OC)cc3nc2-1. The summed E-state index contributed by atoms with van der Waals surface area (Å²) in [7, 11) is 1.31. The summed E-state index contributed by atoms with van der Waals surface area (Å²) in [6, 6.07) is 9.27. The zero-order valence-corrected chi connectivity index (χ0v) is 17.5. The predicted molar refractivity (Wildman–Crippen MR) is 116 cm³/mol. The number of hydrogen-bond donors (Lipinski definition) is 1. The van der Waals surface area contributed by atoms with Crippen LogP contribution in [0.5, 0.6) is 0 Å². The van der Waals surface area contributed by atoms with E-state index in [-0.39, 0.29) is 24.2 Å². The normalized spacial score (nSPS) is 18.9. The van der Waals surface area contributed by atoms with E-state index in [0.717, 1.165) is 16.5 Å². The van der Waals surface area contributed by atoms with Crippen molar-refractivity contribution in [3.05, 3.63) is 69.0 Å². The van der Waals surface area contributed by atoms with E-state index in [4.69, 9.17) is 9.72 Å². The molecule has 162 valence electrons. The molecular formula is C24H20N2O6. The minimum absolute atomic E-state index is 0.0929. The molecule has 2 aliphatic heterocycles. The fourth-order valence-corrected chi connectivity index (χ4v) is 4.33. The van der Waals surface area contributed by atoms with Crippen molar-refractivity contribution in [2.45, 2.75) is 32.1 Å². The maximum atomic E-state index is 13.2. The lowest BCUT2D eigenvalue weighted by molar-refractivity contribution is -0.172. The number of esters is 2. The topological polar surface area (TPSA) is 108 Å². The number of ether oxygens (including phenoxy) is 2. The molecule has 0 spiro atoms. The summed E-state index contributed by atoms with van der Waals surface area (Å²) < 4.78 is 11.3. The number of carbonyl (C=O) groups excluding carboxylic acids is 2. The number of pyridine rings is 2. The zero-order valence-electron chi connectivity index (χ0n) is 17.5. The standard InChI is InChI=1S/C24H20N2O6/c1-3-24(30)17-10-19-21-15(11-26(19)22(28)16(17)12-32-23(24)29)9-14-6-4-13(8-18(14)25-21)5-7-20(27)31-2/h4-10,30H,3,11-12H2,1-2H3/t24-/m0/s1. The van der Waals surface area contributed by atoms with Crippen LogP contribution in [0.25, 0.3) is 28.4 Å². The number of aliphatic hydroxyl groups is 1. The molecule has 0 aliphatic carbocycles. The van der Waals surface area contributed by atoms with Gasteiger partial charge >= 0.3 is 11.9 Å². The van der Waals surface area contributed by atoms with Crippen molar-refractivity contribution < 1.29 is 24.2 Å². The van der Waals surface area contributed by atoms with Crippen LogP contribution in [0.15, 0.2) is 41.2 Å².